The fraction of sp³-hybridized carbons (Fsp3) is 0.0612. The molecule has 0 heterocycles. The first kappa shape index (κ1) is 28.1. The smallest absolute Gasteiger partial charge is 0.0165 e. The minimum Gasteiger partial charge on any atom is -0.0616 e. The van der Waals surface area contributed by atoms with Crippen LogP contribution in [0.1, 0.15) is 25.0 Å². The Balaban J connectivity index is 1.10. The summed E-state index contributed by atoms with van der Waals surface area (Å²) in [4.78, 5) is 0. The lowest BCUT2D eigenvalue weighted by Crippen LogP contribution is -2.15. The van der Waals surface area contributed by atoms with Gasteiger partial charge in [0.25, 0.3) is 0 Å². The molecule has 0 amide bonds. The van der Waals surface area contributed by atoms with Gasteiger partial charge in [-0.05, 0) is 111 Å². The lowest BCUT2D eigenvalue weighted by atomic mass is 9.79. The van der Waals surface area contributed by atoms with Crippen LogP contribution in [0.15, 0.2) is 170 Å². The van der Waals surface area contributed by atoms with E-state index in [1.807, 2.05) is 0 Å². The van der Waals surface area contributed by atoms with Gasteiger partial charge in [0.15, 0.2) is 0 Å². The van der Waals surface area contributed by atoms with E-state index in [0.717, 1.165) is 0 Å². The van der Waals surface area contributed by atoms with E-state index in [1.54, 1.807) is 0 Å². The molecule has 0 fully saturated rings. The summed E-state index contributed by atoms with van der Waals surface area (Å²) in [5.41, 5.74) is 13.1. The van der Waals surface area contributed by atoms with E-state index in [2.05, 4.69) is 184 Å². The van der Waals surface area contributed by atoms with Crippen LogP contribution in [0.5, 0.6) is 0 Å². The van der Waals surface area contributed by atoms with Crippen LogP contribution in [0, 0.1) is 0 Å². The topological polar surface area (TPSA) is 0 Å². The Kier molecular flexibility index (Phi) is 6.02. The van der Waals surface area contributed by atoms with Crippen LogP contribution < -0.4 is 0 Å². The fourth-order valence-electron chi connectivity index (χ4n) is 8.70. The molecule has 9 aromatic carbocycles. The summed E-state index contributed by atoms with van der Waals surface area (Å²) in [5.74, 6) is 0. The third-order valence-corrected chi connectivity index (χ3v) is 11.0. The summed E-state index contributed by atoms with van der Waals surface area (Å²) in [6, 6.07) is 63.1. The molecule has 0 aromatic heterocycles. The molecule has 0 spiro atoms. The maximum atomic E-state index is 2.43. The second-order valence-corrected chi connectivity index (χ2v) is 14.1. The lowest BCUT2D eigenvalue weighted by molar-refractivity contribution is 0.666. The molecule has 0 unspecified atom stereocenters. The van der Waals surface area contributed by atoms with Gasteiger partial charge in [0.05, 0.1) is 0 Å². The first-order chi connectivity index (χ1) is 24.1. The molecule has 0 N–H and O–H groups in total. The first-order valence-electron chi connectivity index (χ1n) is 17.3. The quantitative estimate of drug-likeness (QED) is 0.172. The summed E-state index contributed by atoms with van der Waals surface area (Å²) in [6.07, 6.45) is 0. The van der Waals surface area contributed by atoms with Gasteiger partial charge >= 0.3 is 0 Å². The molecule has 1 aliphatic rings. The Hall–Kier alpha value is -5.98. The van der Waals surface area contributed by atoms with Gasteiger partial charge in [-0.15, -0.1) is 0 Å². The Morgan fingerprint density at radius 2 is 0.796 bits per heavy atom. The van der Waals surface area contributed by atoms with Crippen molar-refractivity contribution >= 4 is 43.1 Å². The monoisotopic (exact) mass is 622 g/mol. The molecule has 0 bridgehead atoms. The second kappa shape index (κ2) is 10.5. The van der Waals surface area contributed by atoms with Crippen LogP contribution in [-0.4, -0.2) is 0 Å². The molecule has 0 saturated carbocycles. The van der Waals surface area contributed by atoms with Gasteiger partial charge in [-0.3, -0.25) is 0 Å². The molecule has 230 valence electrons. The van der Waals surface area contributed by atoms with Gasteiger partial charge in [0, 0.05) is 5.41 Å². The van der Waals surface area contributed by atoms with E-state index >= 15 is 0 Å². The van der Waals surface area contributed by atoms with Crippen molar-refractivity contribution in [2.75, 3.05) is 0 Å². The predicted octanol–water partition coefficient (Wildman–Crippen LogP) is 13.6. The zero-order valence-corrected chi connectivity index (χ0v) is 27.7. The van der Waals surface area contributed by atoms with Gasteiger partial charge in [-0.1, -0.05) is 172 Å². The van der Waals surface area contributed by atoms with E-state index in [1.165, 1.54) is 98.7 Å². The normalized spacial score (nSPS) is 13.3. The third kappa shape index (κ3) is 4.17. The Labute approximate surface area is 286 Å². The Morgan fingerprint density at radius 3 is 1.47 bits per heavy atom. The zero-order chi connectivity index (χ0) is 32.7. The zero-order valence-electron chi connectivity index (χ0n) is 27.7. The van der Waals surface area contributed by atoms with E-state index in [0.29, 0.717) is 0 Å². The van der Waals surface area contributed by atoms with Gasteiger partial charge in [0.2, 0.25) is 0 Å². The molecule has 49 heavy (non-hydrogen) atoms. The molecule has 0 saturated heterocycles. The van der Waals surface area contributed by atoms with Crippen molar-refractivity contribution in [3.05, 3.63) is 181 Å². The molecule has 0 heteroatoms. The lowest BCUT2D eigenvalue weighted by Gasteiger charge is -2.23. The van der Waals surface area contributed by atoms with Crippen molar-refractivity contribution in [2.24, 2.45) is 0 Å². The highest BCUT2D eigenvalue weighted by atomic mass is 14.4. The summed E-state index contributed by atoms with van der Waals surface area (Å²) in [6.45, 7) is 4.77. The van der Waals surface area contributed by atoms with Crippen LogP contribution >= 0.6 is 0 Å². The van der Waals surface area contributed by atoms with Crippen molar-refractivity contribution in [1.82, 2.24) is 0 Å². The summed E-state index contributed by atoms with van der Waals surface area (Å²) in [7, 11) is 0. The SMILES string of the molecule is CC1(C)c2cc(-c3ccc(-c4c5ccccc5c(-c5ccc6ccccc6c5)c5ccccc45)cc3)ccc2-c2ccc3ccccc3c21. The number of fused-ring (bicyclic) bond motifs is 8. The predicted molar refractivity (Wildman–Crippen MR) is 210 cm³/mol. The summed E-state index contributed by atoms with van der Waals surface area (Å²) in [5, 5.41) is 10.3. The minimum atomic E-state index is -0.0773. The third-order valence-electron chi connectivity index (χ3n) is 11.0. The molecule has 0 nitrogen and oxygen atoms in total. The Morgan fingerprint density at radius 1 is 0.327 bits per heavy atom. The van der Waals surface area contributed by atoms with Crippen molar-refractivity contribution in [1.29, 1.82) is 0 Å². The van der Waals surface area contributed by atoms with Crippen molar-refractivity contribution in [3.8, 4) is 44.5 Å². The van der Waals surface area contributed by atoms with E-state index in [-0.39, 0.29) is 5.41 Å². The molecular formula is C49H34. The maximum Gasteiger partial charge on any atom is 0.0165 e. The molecule has 1 aliphatic carbocycles. The number of rotatable bonds is 3. The van der Waals surface area contributed by atoms with Gasteiger partial charge in [0.1, 0.15) is 0 Å². The number of hydrogen-bond acceptors (Lipinski definition) is 0. The van der Waals surface area contributed by atoms with Crippen LogP contribution in [0.3, 0.4) is 0 Å². The van der Waals surface area contributed by atoms with Crippen LogP contribution in [-0.2, 0) is 5.41 Å². The van der Waals surface area contributed by atoms with E-state index < -0.39 is 0 Å². The fourth-order valence-corrected chi connectivity index (χ4v) is 8.70. The van der Waals surface area contributed by atoms with Gasteiger partial charge in [-0.25, -0.2) is 0 Å². The number of benzene rings is 9. The Bertz CT molecular complexity index is 2720. The molecule has 0 aliphatic heterocycles. The van der Waals surface area contributed by atoms with Crippen LogP contribution in [0.2, 0.25) is 0 Å². The van der Waals surface area contributed by atoms with Crippen molar-refractivity contribution in [2.45, 2.75) is 19.3 Å². The average molecular weight is 623 g/mol. The average Bonchev–Trinajstić information content (AvgIpc) is 3.39. The van der Waals surface area contributed by atoms with Gasteiger partial charge in [-0.2, -0.15) is 0 Å². The van der Waals surface area contributed by atoms with E-state index in [9.17, 15) is 0 Å². The van der Waals surface area contributed by atoms with Crippen LogP contribution in [0.25, 0.3) is 87.6 Å². The highest BCUT2D eigenvalue weighted by Crippen LogP contribution is 2.52. The highest BCUT2D eigenvalue weighted by Gasteiger charge is 2.37. The van der Waals surface area contributed by atoms with Crippen molar-refractivity contribution < 1.29 is 0 Å². The van der Waals surface area contributed by atoms with E-state index in [4.69, 9.17) is 0 Å². The van der Waals surface area contributed by atoms with Crippen molar-refractivity contribution in [3.63, 3.8) is 0 Å². The largest absolute Gasteiger partial charge is 0.0616 e. The standard InChI is InChI=1S/C49H34/c1-49(2)45-30-36(26-27-39(45)44-28-25-33-12-5-6-14-38(33)48(44)49)32-19-22-34(23-20-32)46-40-15-7-9-17-42(40)47(43-18-10-8-16-41(43)46)37-24-21-31-11-3-4-13-35(31)29-37/h3-30H,1-2H3. The molecule has 10 rings (SSSR count). The van der Waals surface area contributed by atoms with Gasteiger partial charge < -0.3 is 0 Å². The van der Waals surface area contributed by atoms with Crippen LogP contribution in [0.4, 0.5) is 0 Å². The molecule has 0 radical (unpaired) electrons. The maximum absolute atomic E-state index is 2.43. The number of hydrogen-bond donors (Lipinski definition) is 0. The molecule has 0 atom stereocenters. The molecule has 9 aromatic rings. The summed E-state index contributed by atoms with van der Waals surface area (Å²) >= 11 is 0. The summed E-state index contributed by atoms with van der Waals surface area (Å²) < 4.78 is 0. The first-order valence-corrected chi connectivity index (χ1v) is 17.3. The molecular weight excluding hydrogens is 589 g/mol. The highest BCUT2D eigenvalue weighted by molar-refractivity contribution is 6.21. The minimum absolute atomic E-state index is 0.0773. The second-order valence-electron chi connectivity index (χ2n) is 14.1.